The van der Waals surface area contributed by atoms with Crippen LogP contribution in [0, 0.1) is 5.13 Å². The molecule has 1 amide bonds. The zero-order chi connectivity index (χ0) is 9.14. The smallest absolute Gasteiger partial charge is 0.410 e. The summed E-state index contributed by atoms with van der Waals surface area (Å²) < 4.78 is 12.6. The third-order valence-electron chi connectivity index (χ3n) is 0.935. The first kappa shape index (κ1) is 8.60. The fourth-order valence-electron chi connectivity index (χ4n) is 0.531. The Morgan fingerprint density at radius 3 is 2.83 bits per heavy atom. The molecule has 7 heteroatoms. The Morgan fingerprint density at radius 2 is 2.42 bits per heavy atom. The Balaban J connectivity index is 2.89. The number of carbonyl (C=O) groups excluding carboxylic acids is 1. The fraction of sp³-hybridized carbons (Fsp3) is 0. The van der Waals surface area contributed by atoms with E-state index >= 15 is 0 Å². The SMILES string of the molecule is O=Cc1nc(NC(=O)O)sc1F. The van der Waals surface area contributed by atoms with Crippen molar-refractivity contribution in [3.8, 4) is 0 Å². The highest BCUT2D eigenvalue weighted by atomic mass is 32.1. The summed E-state index contributed by atoms with van der Waals surface area (Å²) >= 11 is 0.466. The number of carboxylic acid groups (broad SMARTS) is 1. The molecule has 0 fully saturated rings. The zero-order valence-electron chi connectivity index (χ0n) is 5.57. The van der Waals surface area contributed by atoms with E-state index < -0.39 is 11.2 Å². The number of anilines is 1. The minimum Gasteiger partial charge on any atom is -0.465 e. The summed E-state index contributed by atoms with van der Waals surface area (Å²) in [5.41, 5.74) is -0.385. The van der Waals surface area contributed by atoms with Crippen LogP contribution in [-0.4, -0.2) is 22.5 Å². The number of halogens is 1. The minimum atomic E-state index is -1.35. The Kier molecular flexibility index (Phi) is 2.34. The van der Waals surface area contributed by atoms with Crippen LogP contribution in [0.5, 0.6) is 0 Å². The quantitative estimate of drug-likeness (QED) is 0.686. The van der Waals surface area contributed by atoms with Gasteiger partial charge in [-0.05, 0) is 0 Å². The molecule has 0 aliphatic heterocycles. The maximum absolute atomic E-state index is 12.6. The molecule has 0 saturated heterocycles. The van der Waals surface area contributed by atoms with E-state index in [9.17, 15) is 14.0 Å². The molecule has 1 heterocycles. The van der Waals surface area contributed by atoms with Gasteiger partial charge in [0.15, 0.2) is 17.1 Å². The summed E-state index contributed by atoms with van der Waals surface area (Å²) in [6.07, 6.45) is -1.13. The molecule has 0 atom stereocenters. The van der Waals surface area contributed by atoms with Crippen LogP contribution in [0.2, 0.25) is 0 Å². The molecule has 12 heavy (non-hydrogen) atoms. The molecular formula is C5H3FN2O3S. The number of hydrogen-bond acceptors (Lipinski definition) is 4. The predicted molar refractivity (Wildman–Crippen MR) is 39.1 cm³/mol. The van der Waals surface area contributed by atoms with E-state index in [2.05, 4.69) is 4.98 Å². The van der Waals surface area contributed by atoms with Crippen molar-refractivity contribution in [3.63, 3.8) is 0 Å². The van der Waals surface area contributed by atoms with Crippen molar-refractivity contribution in [1.82, 2.24) is 4.98 Å². The van der Waals surface area contributed by atoms with E-state index in [1.54, 1.807) is 0 Å². The Hall–Kier alpha value is -1.50. The van der Waals surface area contributed by atoms with Crippen molar-refractivity contribution >= 4 is 28.8 Å². The van der Waals surface area contributed by atoms with E-state index in [4.69, 9.17) is 5.11 Å². The number of nitrogens with one attached hydrogen (secondary N) is 1. The number of rotatable bonds is 2. The molecule has 0 spiro atoms. The van der Waals surface area contributed by atoms with Crippen LogP contribution >= 0.6 is 11.3 Å². The number of aromatic nitrogens is 1. The largest absolute Gasteiger partial charge is 0.465 e. The summed E-state index contributed by atoms with van der Waals surface area (Å²) in [6.45, 7) is 0. The van der Waals surface area contributed by atoms with E-state index in [0.29, 0.717) is 11.3 Å². The zero-order valence-corrected chi connectivity index (χ0v) is 6.39. The van der Waals surface area contributed by atoms with Crippen molar-refractivity contribution in [2.45, 2.75) is 0 Å². The number of aldehydes is 1. The maximum Gasteiger partial charge on any atom is 0.410 e. The Bertz CT molecular complexity index is 324. The van der Waals surface area contributed by atoms with Gasteiger partial charge in [0.25, 0.3) is 0 Å². The van der Waals surface area contributed by atoms with Crippen LogP contribution in [0.3, 0.4) is 0 Å². The second-order valence-corrected chi connectivity index (χ2v) is 2.68. The number of nitrogens with zero attached hydrogens (tertiary/aromatic N) is 1. The van der Waals surface area contributed by atoms with Gasteiger partial charge in [0.1, 0.15) is 0 Å². The third-order valence-corrected chi connectivity index (χ3v) is 1.71. The van der Waals surface area contributed by atoms with Gasteiger partial charge in [-0.1, -0.05) is 11.3 Å². The van der Waals surface area contributed by atoms with E-state index in [-0.39, 0.29) is 17.1 Å². The molecule has 1 rings (SSSR count). The highest BCUT2D eigenvalue weighted by Gasteiger charge is 2.10. The molecule has 0 bridgehead atoms. The third kappa shape index (κ3) is 1.76. The van der Waals surface area contributed by atoms with E-state index in [0.717, 1.165) is 0 Å². The summed E-state index contributed by atoms with van der Waals surface area (Å²) in [4.78, 5) is 23.4. The van der Waals surface area contributed by atoms with E-state index in [1.165, 1.54) is 0 Å². The fourth-order valence-corrected chi connectivity index (χ4v) is 1.18. The summed E-state index contributed by atoms with van der Waals surface area (Å²) in [5, 5.41) is 9.06. The van der Waals surface area contributed by atoms with Crippen LogP contribution in [0.1, 0.15) is 10.5 Å². The van der Waals surface area contributed by atoms with Gasteiger partial charge in [-0.2, -0.15) is 4.39 Å². The van der Waals surface area contributed by atoms with Gasteiger partial charge in [0, 0.05) is 0 Å². The first-order chi connectivity index (χ1) is 5.63. The van der Waals surface area contributed by atoms with Crippen molar-refractivity contribution in [2.75, 3.05) is 5.32 Å². The van der Waals surface area contributed by atoms with Gasteiger partial charge in [-0.15, -0.1) is 0 Å². The van der Waals surface area contributed by atoms with Gasteiger partial charge >= 0.3 is 6.09 Å². The molecule has 0 aromatic carbocycles. The predicted octanol–water partition coefficient (Wildman–Crippen LogP) is 1.18. The molecule has 0 aliphatic carbocycles. The first-order valence-corrected chi connectivity index (χ1v) is 3.56. The monoisotopic (exact) mass is 190 g/mol. The normalized spacial score (nSPS) is 9.42. The van der Waals surface area contributed by atoms with Crippen LogP contribution in [0.4, 0.5) is 14.3 Å². The standard InChI is InChI=1S/C5H3FN2O3S/c6-3-2(1-9)7-4(12-3)8-5(10)11/h1H,(H,7,8)(H,10,11). The number of carbonyl (C=O) groups is 2. The maximum atomic E-state index is 12.6. The molecule has 2 N–H and O–H groups in total. The van der Waals surface area contributed by atoms with Crippen LogP contribution in [-0.2, 0) is 0 Å². The lowest BCUT2D eigenvalue weighted by Gasteiger charge is -1.89. The van der Waals surface area contributed by atoms with Gasteiger partial charge in [-0.25, -0.2) is 9.78 Å². The van der Waals surface area contributed by atoms with Crippen molar-refractivity contribution in [1.29, 1.82) is 0 Å². The average Bonchev–Trinajstić information content (AvgIpc) is 2.29. The molecule has 0 aliphatic rings. The van der Waals surface area contributed by atoms with Crippen LogP contribution in [0.25, 0.3) is 0 Å². The lowest BCUT2D eigenvalue weighted by Crippen LogP contribution is -2.06. The lowest BCUT2D eigenvalue weighted by atomic mass is 10.5. The second-order valence-electron chi connectivity index (χ2n) is 1.73. The number of amides is 1. The number of thiazole rings is 1. The van der Waals surface area contributed by atoms with Crippen molar-refractivity contribution in [3.05, 3.63) is 10.8 Å². The highest BCUT2D eigenvalue weighted by Crippen LogP contribution is 2.19. The van der Waals surface area contributed by atoms with Crippen LogP contribution < -0.4 is 5.32 Å². The summed E-state index contributed by atoms with van der Waals surface area (Å²) in [6, 6.07) is 0. The van der Waals surface area contributed by atoms with Gasteiger partial charge in [0.2, 0.25) is 5.13 Å². The van der Waals surface area contributed by atoms with Gasteiger partial charge < -0.3 is 5.11 Å². The molecule has 64 valence electrons. The van der Waals surface area contributed by atoms with Gasteiger partial charge in [0.05, 0.1) is 0 Å². The molecule has 0 saturated carbocycles. The molecule has 5 nitrogen and oxygen atoms in total. The molecule has 0 unspecified atom stereocenters. The molecule has 1 aromatic rings. The summed E-state index contributed by atoms with van der Waals surface area (Å²) in [5.74, 6) is 0. The minimum absolute atomic E-state index is 0.151. The topological polar surface area (TPSA) is 79.3 Å². The van der Waals surface area contributed by atoms with Crippen molar-refractivity contribution in [2.24, 2.45) is 0 Å². The first-order valence-electron chi connectivity index (χ1n) is 2.75. The van der Waals surface area contributed by atoms with Crippen LogP contribution in [0.15, 0.2) is 0 Å². The Labute approximate surface area is 69.9 Å². The van der Waals surface area contributed by atoms with E-state index in [1.807, 2.05) is 5.32 Å². The van der Waals surface area contributed by atoms with Gasteiger partial charge in [-0.3, -0.25) is 10.1 Å². The van der Waals surface area contributed by atoms with Crippen molar-refractivity contribution < 1.29 is 19.1 Å². The number of hydrogen-bond donors (Lipinski definition) is 2. The highest BCUT2D eigenvalue weighted by molar-refractivity contribution is 7.14. The molecule has 0 radical (unpaired) electrons. The molecular weight excluding hydrogens is 187 g/mol. The molecule has 1 aromatic heterocycles. The lowest BCUT2D eigenvalue weighted by molar-refractivity contribution is 0.111. The Morgan fingerprint density at radius 1 is 1.75 bits per heavy atom. The second kappa shape index (κ2) is 3.26. The summed E-state index contributed by atoms with van der Waals surface area (Å²) in [7, 11) is 0. The average molecular weight is 190 g/mol.